The molecule has 4 heterocycles. The molecule has 0 atom stereocenters. The Kier molecular flexibility index (Phi) is 7.49. The lowest BCUT2D eigenvalue weighted by Crippen LogP contribution is -2.08. The number of hydrogen-bond donors (Lipinski definition) is 0. The monoisotopic (exact) mass is 778 g/mol. The van der Waals surface area contributed by atoms with Crippen LogP contribution in [-0.2, 0) is 0 Å². The van der Waals surface area contributed by atoms with E-state index in [9.17, 15) is 10.5 Å². The number of para-hydroxylation sites is 5. The molecule has 0 spiro atoms. The van der Waals surface area contributed by atoms with Gasteiger partial charge in [0.15, 0.2) is 11.6 Å². The SMILES string of the molecule is N#Cc1ccc(-c2nc(-c3cc(C#N)ccc3-n3c4ccccc4c4ccc5c(c6ccccc6n5-c5ccccc5)c43)nc(-n3c4ccccc4c4ccccc43)n2)cc1. The van der Waals surface area contributed by atoms with Gasteiger partial charge in [-0.3, -0.25) is 4.57 Å². The second-order valence-electron chi connectivity index (χ2n) is 15.1. The molecule has 8 heteroatoms. The average molecular weight is 779 g/mol. The van der Waals surface area contributed by atoms with E-state index in [1.54, 1.807) is 12.1 Å². The third kappa shape index (κ3) is 5.13. The number of rotatable bonds is 5. The molecule has 0 N–H and O–H groups in total. The van der Waals surface area contributed by atoms with Crippen LogP contribution in [0.4, 0.5) is 0 Å². The Balaban J connectivity index is 1.21. The molecule has 0 saturated carbocycles. The van der Waals surface area contributed by atoms with Gasteiger partial charge in [0.25, 0.3) is 0 Å². The molecule has 0 unspecified atom stereocenters. The standard InChI is InChI=1S/C53H30N8/c54-31-33-22-25-35(26-23-33)51-56-52(58-53(57-51)61-44-19-9-4-14-37(44)38-15-5-10-20-45(38)61)42-30-34(32-55)24-28-47(42)60-43-18-8-6-16-39(43)40-27-29-48-49(50(40)60)41-17-7-11-21-46(41)59(48)36-12-2-1-3-13-36/h1-30H. The van der Waals surface area contributed by atoms with E-state index in [-0.39, 0.29) is 0 Å². The summed E-state index contributed by atoms with van der Waals surface area (Å²) in [5.74, 6) is 1.28. The quantitative estimate of drug-likeness (QED) is 0.173. The van der Waals surface area contributed by atoms with Gasteiger partial charge in [0.2, 0.25) is 5.95 Å². The van der Waals surface area contributed by atoms with Gasteiger partial charge in [-0.15, -0.1) is 0 Å². The molecule has 12 rings (SSSR count). The molecule has 0 saturated heterocycles. The van der Waals surface area contributed by atoms with Crippen molar-refractivity contribution < 1.29 is 0 Å². The summed E-state index contributed by atoms with van der Waals surface area (Å²) in [5, 5.41) is 26.7. The summed E-state index contributed by atoms with van der Waals surface area (Å²) >= 11 is 0. The van der Waals surface area contributed by atoms with Gasteiger partial charge in [0, 0.05) is 49.1 Å². The van der Waals surface area contributed by atoms with E-state index in [4.69, 9.17) is 15.0 Å². The first-order valence-corrected chi connectivity index (χ1v) is 20.0. The molecule has 0 aliphatic carbocycles. The maximum absolute atomic E-state index is 10.4. The minimum absolute atomic E-state index is 0.406. The molecule has 61 heavy (non-hydrogen) atoms. The van der Waals surface area contributed by atoms with Crippen LogP contribution in [0.25, 0.3) is 106 Å². The lowest BCUT2D eigenvalue weighted by molar-refractivity contribution is 0.951. The number of hydrogen-bond acceptors (Lipinski definition) is 5. The summed E-state index contributed by atoms with van der Waals surface area (Å²) in [6.07, 6.45) is 0. The predicted octanol–water partition coefficient (Wildman–Crippen LogP) is 12.2. The largest absolute Gasteiger partial charge is 0.309 e. The van der Waals surface area contributed by atoms with Gasteiger partial charge >= 0.3 is 0 Å². The molecule has 0 bridgehead atoms. The Morgan fingerprint density at radius 2 is 0.934 bits per heavy atom. The van der Waals surface area contributed by atoms with E-state index < -0.39 is 0 Å². The first-order valence-electron chi connectivity index (χ1n) is 20.0. The van der Waals surface area contributed by atoms with Crippen LogP contribution < -0.4 is 0 Å². The molecule has 4 aromatic heterocycles. The van der Waals surface area contributed by atoms with Crippen molar-refractivity contribution in [2.45, 2.75) is 0 Å². The maximum Gasteiger partial charge on any atom is 0.238 e. The molecule has 0 aliphatic rings. The van der Waals surface area contributed by atoms with E-state index in [1.165, 1.54) is 0 Å². The predicted molar refractivity (Wildman–Crippen MR) is 243 cm³/mol. The fourth-order valence-electron chi connectivity index (χ4n) is 9.14. The minimum Gasteiger partial charge on any atom is -0.309 e. The number of nitriles is 2. The van der Waals surface area contributed by atoms with Crippen molar-refractivity contribution in [3.63, 3.8) is 0 Å². The Morgan fingerprint density at radius 1 is 0.393 bits per heavy atom. The first-order chi connectivity index (χ1) is 30.2. The van der Waals surface area contributed by atoms with Gasteiger partial charge in [-0.1, -0.05) is 97.1 Å². The fourth-order valence-corrected chi connectivity index (χ4v) is 9.14. The fraction of sp³-hybridized carbons (Fsp3) is 0. The summed E-state index contributed by atoms with van der Waals surface area (Å²) in [7, 11) is 0. The van der Waals surface area contributed by atoms with Crippen molar-refractivity contribution in [3.8, 4) is 52.2 Å². The van der Waals surface area contributed by atoms with Crippen LogP contribution in [0.3, 0.4) is 0 Å². The number of fused-ring (bicyclic) bond motifs is 10. The highest BCUT2D eigenvalue weighted by molar-refractivity contribution is 6.26. The minimum atomic E-state index is 0.406. The van der Waals surface area contributed by atoms with E-state index in [0.29, 0.717) is 34.3 Å². The molecular weight excluding hydrogens is 749 g/mol. The van der Waals surface area contributed by atoms with Crippen molar-refractivity contribution in [1.82, 2.24) is 28.7 Å². The van der Waals surface area contributed by atoms with Crippen LogP contribution in [0.2, 0.25) is 0 Å². The summed E-state index contributed by atoms with van der Waals surface area (Å²) in [5.41, 5.74) is 10.5. The van der Waals surface area contributed by atoms with Crippen molar-refractivity contribution >= 4 is 65.4 Å². The van der Waals surface area contributed by atoms with Crippen LogP contribution in [0, 0.1) is 22.7 Å². The van der Waals surface area contributed by atoms with E-state index >= 15 is 0 Å². The number of nitrogens with zero attached hydrogens (tertiary/aromatic N) is 8. The van der Waals surface area contributed by atoms with Gasteiger partial charge in [0.05, 0.1) is 62.1 Å². The average Bonchev–Trinajstić information content (AvgIpc) is 3.97. The van der Waals surface area contributed by atoms with Crippen molar-refractivity contribution in [2.75, 3.05) is 0 Å². The Morgan fingerprint density at radius 3 is 1.59 bits per heavy atom. The van der Waals surface area contributed by atoms with Gasteiger partial charge < -0.3 is 9.13 Å². The summed E-state index contributed by atoms with van der Waals surface area (Å²) in [6.45, 7) is 0. The molecule has 12 aromatic rings. The van der Waals surface area contributed by atoms with Gasteiger partial charge in [-0.2, -0.15) is 20.5 Å². The molecule has 0 amide bonds. The summed E-state index contributed by atoms with van der Waals surface area (Å²) in [6, 6.07) is 66.2. The van der Waals surface area contributed by atoms with Crippen molar-refractivity contribution in [3.05, 3.63) is 193 Å². The van der Waals surface area contributed by atoms with Crippen LogP contribution >= 0.6 is 0 Å². The van der Waals surface area contributed by atoms with Crippen LogP contribution in [0.1, 0.15) is 11.1 Å². The highest BCUT2D eigenvalue weighted by Gasteiger charge is 2.24. The van der Waals surface area contributed by atoms with Crippen LogP contribution in [-0.4, -0.2) is 28.7 Å². The highest BCUT2D eigenvalue weighted by atomic mass is 15.2. The third-order valence-electron chi connectivity index (χ3n) is 11.8. The lowest BCUT2D eigenvalue weighted by Gasteiger charge is -2.16. The zero-order valence-corrected chi connectivity index (χ0v) is 32.4. The molecule has 282 valence electrons. The Hall–Kier alpha value is -8.85. The number of benzene rings is 8. The number of aromatic nitrogens is 6. The first kappa shape index (κ1) is 34.2. The molecule has 0 aliphatic heterocycles. The highest BCUT2D eigenvalue weighted by Crippen LogP contribution is 2.43. The van der Waals surface area contributed by atoms with Crippen LogP contribution in [0.15, 0.2) is 182 Å². The van der Waals surface area contributed by atoms with Gasteiger partial charge in [-0.05, 0) is 84.9 Å². The summed E-state index contributed by atoms with van der Waals surface area (Å²) in [4.78, 5) is 15.7. The van der Waals surface area contributed by atoms with E-state index in [0.717, 1.165) is 82.4 Å². The zero-order valence-electron chi connectivity index (χ0n) is 32.4. The Bertz CT molecular complexity index is 3790. The molecular formula is C53H30N8. The van der Waals surface area contributed by atoms with Crippen molar-refractivity contribution in [2.24, 2.45) is 0 Å². The molecule has 8 aromatic carbocycles. The summed E-state index contributed by atoms with van der Waals surface area (Å²) < 4.78 is 6.73. The maximum atomic E-state index is 10.4. The smallest absolute Gasteiger partial charge is 0.238 e. The topological polar surface area (TPSA) is 101 Å². The van der Waals surface area contributed by atoms with E-state index in [2.05, 4.69) is 135 Å². The zero-order chi connectivity index (χ0) is 40.6. The molecule has 8 nitrogen and oxygen atoms in total. The lowest BCUT2D eigenvalue weighted by atomic mass is 10.1. The second-order valence-corrected chi connectivity index (χ2v) is 15.1. The van der Waals surface area contributed by atoms with Crippen LogP contribution in [0.5, 0.6) is 0 Å². The molecule has 0 radical (unpaired) electrons. The van der Waals surface area contributed by atoms with Gasteiger partial charge in [0.1, 0.15) is 0 Å². The Labute approximate surface area is 348 Å². The van der Waals surface area contributed by atoms with E-state index in [1.807, 2.05) is 60.7 Å². The molecule has 0 fully saturated rings. The third-order valence-corrected chi connectivity index (χ3v) is 11.8. The normalized spacial score (nSPS) is 11.6. The van der Waals surface area contributed by atoms with Crippen molar-refractivity contribution in [1.29, 1.82) is 10.5 Å². The second kappa shape index (κ2) is 13.4. The van der Waals surface area contributed by atoms with Gasteiger partial charge in [-0.25, -0.2) is 4.98 Å².